The van der Waals surface area contributed by atoms with E-state index in [-0.39, 0.29) is 24.7 Å². The van der Waals surface area contributed by atoms with Crippen LogP contribution in [0.25, 0.3) is 0 Å². The summed E-state index contributed by atoms with van der Waals surface area (Å²) in [6, 6.07) is 7.36. The number of nitrogens with one attached hydrogen (secondary N) is 1. The zero-order valence-electron chi connectivity index (χ0n) is 13.5. The minimum absolute atomic E-state index is 0.0600. The highest BCUT2D eigenvalue weighted by Gasteiger charge is 2.22. The molecule has 1 aliphatic heterocycles. The van der Waals surface area contributed by atoms with Crippen LogP contribution in [0.15, 0.2) is 36.7 Å². The highest BCUT2D eigenvalue weighted by atomic mass is 32.2. The summed E-state index contributed by atoms with van der Waals surface area (Å²) in [4.78, 5) is 14.1. The van der Waals surface area contributed by atoms with Crippen LogP contribution in [-0.2, 0) is 16.6 Å². The second-order valence-electron chi connectivity index (χ2n) is 5.92. The first-order chi connectivity index (χ1) is 11.4. The Morgan fingerprint density at radius 2 is 2.00 bits per heavy atom. The summed E-state index contributed by atoms with van der Waals surface area (Å²) >= 11 is 0. The van der Waals surface area contributed by atoms with Crippen molar-refractivity contribution in [3.05, 3.63) is 53.3 Å². The fourth-order valence-electron chi connectivity index (χ4n) is 2.63. The summed E-state index contributed by atoms with van der Waals surface area (Å²) in [5.74, 6) is -0.203. The Bertz CT molecular complexity index is 827. The number of hydrogen-bond donors (Lipinski definition) is 1. The van der Waals surface area contributed by atoms with Crippen molar-refractivity contribution in [2.45, 2.75) is 13.5 Å². The zero-order chi connectivity index (χ0) is 17.2. The summed E-state index contributed by atoms with van der Waals surface area (Å²) in [5.41, 5.74) is 2.72. The number of carbonyl (C=O) groups excluding carboxylic acids is 1. The van der Waals surface area contributed by atoms with Crippen molar-refractivity contribution in [1.29, 1.82) is 0 Å². The van der Waals surface area contributed by atoms with Crippen LogP contribution in [0.5, 0.6) is 0 Å². The van der Waals surface area contributed by atoms with Gasteiger partial charge in [0.25, 0.3) is 5.91 Å². The van der Waals surface area contributed by atoms with Crippen LogP contribution in [0.2, 0.25) is 0 Å². The maximum absolute atomic E-state index is 12.5. The Labute approximate surface area is 141 Å². The lowest BCUT2D eigenvalue weighted by atomic mass is 10.1. The molecule has 2 heterocycles. The minimum Gasteiger partial charge on any atom is -0.336 e. The van der Waals surface area contributed by atoms with E-state index in [4.69, 9.17) is 0 Å². The van der Waals surface area contributed by atoms with Gasteiger partial charge in [0.05, 0.1) is 18.5 Å². The Morgan fingerprint density at radius 1 is 1.25 bits per heavy atom. The van der Waals surface area contributed by atoms with E-state index >= 15 is 0 Å². The summed E-state index contributed by atoms with van der Waals surface area (Å²) in [6.07, 6.45) is 3.77. The smallest absolute Gasteiger partial charge is 0.253 e. The topological polar surface area (TPSA) is 84.3 Å². The number of sulfonamides is 1. The SMILES string of the molecule is Cc1cnn(Cc2ccc(C(=O)N3CCNS(=O)(=O)CC3)cc2)c1. The van der Waals surface area contributed by atoms with Gasteiger partial charge in [-0.15, -0.1) is 0 Å². The molecule has 1 aliphatic rings. The predicted octanol–water partition coefficient (Wildman–Crippen LogP) is 0.615. The van der Waals surface area contributed by atoms with Crippen LogP contribution in [0.4, 0.5) is 0 Å². The van der Waals surface area contributed by atoms with Crippen molar-refractivity contribution in [2.24, 2.45) is 0 Å². The van der Waals surface area contributed by atoms with Crippen LogP contribution in [-0.4, -0.2) is 54.4 Å². The lowest BCUT2D eigenvalue weighted by Crippen LogP contribution is -2.34. The molecule has 1 amide bonds. The number of hydrogen-bond acceptors (Lipinski definition) is 4. The number of benzene rings is 1. The van der Waals surface area contributed by atoms with E-state index < -0.39 is 10.0 Å². The standard InChI is InChI=1S/C16H20N4O3S/c1-13-10-17-20(11-13)12-14-2-4-15(5-3-14)16(21)19-7-6-18-24(22,23)9-8-19/h2-5,10-11,18H,6-9,12H2,1H3. The Kier molecular flexibility index (Phi) is 4.68. The van der Waals surface area contributed by atoms with Gasteiger partial charge in [0.15, 0.2) is 0 Å². The number of rotatable bonds is 3. The third-order valence-corrected chi connectivity index (χ3v) is 5.29. The molecular weight excluding hydrogens is 328 g/mol. The molecule has 24 heavy (non-hydrogen) atoms. The van der Waals surface area contributed by atoms with Crippen LogP contribution in [0, 0.1) is 6.92 Å². The fourth-order valence-corrected chi connectivity index (χ4v) is 3.64. The van der Waals surface area contributed by atoms with Crippen molar-refractivity contribution in [3.8, 4) is 0 Å². The normalized spacial score (nSPS) is 17.5. The first kappa shape index (κ1) is 16.7. The lowest BCUT2D eigenvalue weighted by molar-refractivity contribution is 0.0772. The van der Waals surface area contributed by atoms with Gasteiger partial charge in [0, 0.05) is 31.4 Å². The van der Waals surface area contributed by atoms with E-state index in [2.05, 4.69) is 9.82 Å². The van der Waals surface area contributed by atoms with Gasteiger partial charge in [-0.1, -0.05) is 12.1 Å². The number of aryl methyl sites for hydroxylation is 1. The van der Waals surface area contributed by atoms with Crippen molar-refractivity contribution in [3.63, 3.8) is 0 Å². The molecule has 0 saturated carbocycles. The molecule has 0 bridgehead atoms. The maximum atomic E-state index is 12.5. The molecule has 128 valence electrons. The van der Waals surface area contributed by atoms with Crippen LogP contribution in [0.3, 0.4) is 0 Å². The van der Waals surface area contributed by atoms with E-state index in [9.17, 15) is 13.2 Å². The molecule has 1 saturated heterocycles. The molecule has 1 aromatic carbocycles. The largest absolute Gasteiger partial charge is 0.336 e. The molecular formula is C16H20N4O3S. The van der Waals surface area contributed by atoms with E-state index in [0.29, 0.717) is 18.7 Å². The first-order valence-electron chi connectivity index (χ1n) is 7.77. The number of carbonyl (C=O) groups is 1. The third kappa shape index (κ3) is 4.01. The lowest BCUT2D eigenvalue weighted by Gasteiger charge is -2.19. The number of amides is 1. The first-order valence-corrected chi connectivity index (χ1v) is 9.43. The van der Waals surface area contributed by atoms with Crippen molar-refractivity contribution >= 4 is 15.9 Å². The minimum atomic E-state index is -3.26. The average molecular weight is 348 g/mol. The van der Waals surface area contributed by atoms with Gasteiger partial charge in [0.1, 0.15) is 0 Å². The molecule has 1 N–H and O–H groups in total. The van der Waals surface area contributed by atoms with Gasteiger partial charge in [-0.2, -0.15) is 5.10 Å². The molecule has 8 heteroatoms. The Hall–Kier alpha value is -2.19. The Balaban J connectivity index is 1.67. The van der Waals surface area contributed by atoms with Gasteiger partial charge in [-0.25, -0.2) is 13.1 Å². The van der Waals surface area contributed by atoms with Gasteiger partial charge in [-0.3, -0.25) is 9.48 Å². The highest BCUT2D eigenvalue weighted by Crippen LogP contribution is 2.10. The van der Waals surface area contributed by atoms with Crippen molar-refractivity contribution < 1.29 is 13.2 Å². The third-order valence-electron chi connectivity index (χ3n) is 3.93. The van der Waals surface area contributed by atoms with E-state index in [0.717, 1.165) is 11.1 Å². The maximum Gasteiger partial charge on any atom is 0.253 e. The molecule has 3 rings (SSSR count). The van der Waals surface area contributed by atoms with Crippen LogP contribution in [0.1, 0.15) is 21.5 Å². The average Bonchev–Trinajstić information content (AvgIpc) is 2.86. The summed E-state index contributed by atoms with van der Waals surface area (Å²) < 4.78 is 27.4. The molecule has 0 aliphatic carbocycles. The van der Waals surface area contributed by atoms with Crippen molar-refractivity contribution in [2.75, 3.05) is 25.4 Å². The molecule has 1 aromatic heterocycles. The van der Waals surface area contributed by atoms with Gasteiger partial charge in [-0.05, 0) is 30.2 Å². The predicted molar refractivity (Wildman–Crippen MR) is 90.2 cm³/mol. The Morgan fingerprint density at radius 3 is 2.67 bits per heavy atom. The fraction of sp³-hybridized carbons (Fsp3) is 0.375. The quantitative estimate of drug-likeness (QED) is 0.881. The van der Waals surface area contributed by atoms with E-state index in [1.54, 1.807) is 23.2 Å². The molecule has 1 fully saturated rings. The van der Waals surface area contributed by atoms with Crippen LogP contribution < -0.4 is 4.72 Å². The summed E-state index contributed by atoms with van der Waals surface area (Å²) in [7, 11) is -3.26. The molecule has 0 unspecified atom stereocenters. The molecule has 0 atom stereocenters. The molecule has 0 spiro atoms. The van der Waals surface area contributed by atoms with E-state index in [1.165, 1.54) is 0 Å². The molecule has 2 aromatic rings. The van der Waals surface area contributed by atoms with Crippen LogP contribution >= 0.6 is 0 Å². The second kappa shape index (κ2) is 6.74. The van der Waals surface area contributed by atoms with Gasteiger partial charge < -0.3 is 4.90 Å². The zero-order valence-corrected chi connectivity index (χ0v) is 14.3. The highest BCUT2D eigenvalue weighted by molar-refractivity contribution is 7.89. The molecule has 7 nitrogen and oxygen atoms in total. The summed E-state index contributed by atoms with van der Waals surface area (Å²) in [5, 5.41) is 4.24. The molecule has 0 radical (unpaired) electrons. The van der Waals surface area contributed by atoms with Gasteiger partial charge >= 0.3 is 0 Å². The number of nitrogens with zero attached hydrogens (tertiary/aromatic N) is 3. The monoisotopic (exact) mass is 348 g/mol. The summed E-state index contributed by atoms with van der Waals surface area (Å²) in [6.45, 7) is 3.48. The van der Waals surface area contributed by atoms with Gasteiger partial charge in [0.2, 0.25) is 10.0 Å². The van der Waals surface area contributed by atoms with E-state index in [1.807, 2.05) is 29.9 Å². The number of aromatic nitrogens is 2. The second-order valence-corrected chi connectivity index (χ2v) is 7.84. The van der Waals surface area contributed by atoms with Crippen molar-refractivity contribution in [1.82, 2.24) is 19.4 Å².